The fraction of sp³-hybridized carbons (Fsp3) is 0.846. The molecule has 4 nitrogen and oxygen atoms in total. The summed E-state index contributed by atoms with van der Waals surface area (Å²) in [6.07, 6.45) is -2.63. The Morgan fingerprint density at radius 1 is 1.35 bits per heavy atom. The van der Waals surface area contributed by atoms with Crippen LogP contribution in [0, 0.1) is 5.92 Å². The van der Waals surface area contributed by atoms with Gasteiger partial charge in [-0.25, -0.2) is 0 Å². The molecule has 0 amide bonds. The second-order valence-corrected chi connectivity index (χ2v) is 5.36. The summed E-state index contributed by atoms with van der Waals surface area (Å²) < 4.78 is 43.9. The number of halogens is 3. The van der Waals surface area contributed by atoms with Gasteiger partial charge in [-0.2, -0.15) is 13.2 Å². The number of aromatic nitrogens is 2. The van der Waals surface area contributed by atoms with Gasteiger partial charge in [0, 0.05) is 5.92 Å². The molecule has 3 unspecified atom stereocenters. The molecule has 0 saturated heterocycles. The molecular weight excluding hydrogens is 271 g/mol. The second-order valence-electron chi connectivity index (χ2n) is 5.36. The quantitative estimate of drug-likeness (QED) is 0.921. The van der Waals surface area contributed by atoms with Crippen LogP contribution in [0.25, 0.3) is 0 Å². The molecule has 1 fully saturated rings. The lowest BCUT2D eigenvalue weighted by molar-refractivity contribution is -0.183. The number of alkyl halides is 3. The highest BCUT2D eigenvalue weighted by molar-refractivity contribution is 4.97. The van der Waals surface area contributed by atoms with E-state index in [4.69, 9.17) is 4.42 Å². The molecular formula is C13H20F3N3O. The summed E-state index contributed by atoms with van der Waals surface area (Å²) >= 11 is 0. The molecule has 0 spiro atoms. The van der Waals surface area contributed by atoms with Crippen molar-refractivity contribution in [3.05, 3.63) is 11.8 Å². The lowest BCUT2D eigenvalue weighted by atomic mass is 9.81. The highest BCUT2D eigenvalue weighted by Gasteiger charge is 2.43. The number of nitrogens with zero attached hydrogens (tertiary/aromatic N) is 2. The normalized spacial score (nSPS) is 25.6. The first-order chi connectivity index (χ1) is 9.41. The van der Waals surface area contributed by atoms with Crippen molar-refractivity contribution in [2.45, 2.75) is 57.7 Å². The maximum atomic E-state index is 12.8. The molecule has 1 aromatic heterocycles. The van der Waals surface area contributed by atoms with Crippen molar-refractivity contribution in [2.75, 3.05) is 6.54 Å². The van der Waals surface area contributed by atoms with Crippen LogP contribution in [0.5, 0.6) is 0 Å². The molecule has 1 heterocycles. The van der Waals surface area contributed by atoms with Gasteiger partial charge < -0.3 is 9.73 Å². The van der Waals surface area contributed by atoms with Crippen LogP contribution in [0.1, 0.15) is 63.3 Å². The van der Waals surface area contributed by atoms with E-state index in [-0.39, 0.29) is 24.8 Å². The summed E-state index contributed by atoms with van der Waals surface area (Å²) in [4.78, 5) is 0. The van der Waals surface area contributed by atoms with E-state index >= 15 is 0 Å². The standard InChI is InChI=1S/C13H20F3N3O/c1-3-17-8(2)11-18-19-12(20-11)9-5-4-6-10(7-9)13(14,15)16/h8-10,17H,3-7H2,1-2H3. The zero-order chi connectivity index (χ0) is 14.8. The minimum atomic E-state index is -4.13. The van der Waals surface area contributed by atoms with Crippen LogP contribution < -0.4 is 5.32 Å². The number of rotatable bonds is 4. The molecule has 1 aliphatic rings. The molecule has 0 aliphatic heterocycles. The largest absolute Gasteiger partial charge is 0.423 e. The summed E-state index contributed by atoms with van der Waals surface area (Å²) in [5, 5.41) is 11.0. The Labute approximate surface area is 116 Å². The van der Waals surface area contributed by atoms with Crippen molar-refractivity contribution < 1.29 is 17.6 Å². The van der Waals surface area contributed by atoms with Crippen LogP contribution in [-0.2, 0) is 0 Å². The number of hydrogen-bond acceptors (Lipinski definition) is 4. The van der Waals surface area contributed by atoms with Crippen LogP contribution >= 0.6 is 0 Å². The molecule has 7 heteroatoms. The molecule has 3 atom stereocenters. The van der Waals surface area contributed by atoms with E-state index in [1.807, 2.05) is 13.8 Å². The van der Waals surface area contributed by atoms with Crippen LogP contribution in [-0.4, -0.2) is 22.9 Å². The van der Waals surface area contributed by atoms with E-state index in [1.54, 1.807) is 0 Å². The Kier molecular flexibility index (Phi) is 4.67. The first-order valence-electron chi connectivity index (χ1n) is 7.05. The maximum Gasteiger partial charge on any atom is 0.391 e. The van der Waals surface area contributed by atoms with Gasteiger partial charge in [0.05, 0.1) is 12.0 Å². The third kappa shape index (κ3) is 3.50. The Balaban J connectivity index is 2.04. The number of hydrogen-bond donors (Lipinski definition) is 1. The topological polar surface area (TPSA) is 51.0 Å². The Morgan fingerprint density at radius 2 is 2.10 bits per heavy atom. The van der Waals surface area contributed by atoms with Crippen LogP contribution in [0.2, 0.25) is 0 Å². The minimum Gasteiger partial charge on any atom is -0.423 e. The van der Waals surface area contributed by atoms with Crippen LogP contribution in [0.15, 0.2) is 4.42 Å². The summed E-state index contributed by atoms with van der Waals surface area (Å²) in [5.41, 5.74) is 0. The van der Waals surface area contributed by atoms with Gasteiger partial charge in [0.2, 0.25) is 11.8 Å². The average molecular weight is 291 g/mol. The van der Waals surface area contributed by atoms with Crippen molar-refractivity contribution in [1.82, 2.24) is 15.5 Å². The van der Waals surface area contributed by atoms with Crippen molar-refractivity contribution in [1.29, 1.82) is 0 Å². The van der Waals surface area contributed by atoms with E-state index < -0.39 is 12.1 Å². The fourth-order valence-corrected chi connectivity index (χ4v) is 2.69. The summed E-state index contributed by atoms with van der Waals surface area (Å²) in [6, 6.07) is -0.0803. The lowest BCUT2D eigenvalue weighted by Crippen LogP contribution is -2.28. The monoisotopic (exact) mass is 291 g/mol. The molecule has 1 N–H and O–H groups in total. The maximum absolute atomic E-state index is 12.8. The first-order valence-corrected chi connectivity index (χ1v) is 7.05. The second kappa shape index (κ2) is 6.11. The zero-order valence-corrected chi connectivity index (χ0v) is 11.7. The van der Waals surface area contributed by atoms with E-state index in [9.17, 15) is 13.2 Å². The van der Waals surface area contributed by atoms with Gasteiger partial charge in [-0.1, -0.05) is 13.3 Å². The third-order valence-corrected chi connectivity index (χ3v) is 3.82. The number of nitrogens with one attached hydrogen (secondary N) is 1. The van der Waals surface area contributed by atoms with Gasteiger partial charge >= 0.3 is 6.18 Å². The highest BCUT2D eigenvalue weighted by Crippen LogP contribution is 2.43. The summed E-state index contributed by atoms with van der Waals surface area (Å²) in [5.74, 6) is -0.733. The Bertz CT molecular complexity index is 433. The smallest absolute Gasteiger partial charge is 0.391 e. The lowest BCUT2D eigenvalue weighted by Gasteiger charge is -2.28. The molecule has 1 aliphatic carbocycles. The molecule has 2 rings (SSSR count). The van der Waals surface area contributed by atoms with Crippen LogP contribution in [0.4, 0.5) is 13.2 Å². The van der Waals surface area contributed by atoms with Gasteiger partial charge in [-0.3, -0.25) is 0 Å². The summed E-state index contributed by atoms with van der Waals surface area (Å²) in [7, 11) is 0. The Hall–Kier alpha value is -1.11. The molecule has 0 bridgehead atoms. The summed E-state index contributed by atoms with van der Waals surface area (Å²) in [6.45, 7) is 4.61. The third-order valence-electron chi connectivity index (χ3n) is 3.82. The van der Waals surface area contributed by atoms with E-state index in [0.29, 0.717) is 24.6 Å². The van der Waals surface area contributed by atoms with Crippen molar-refractivity contribution in [3.8, 4) is 0 Å². The molecule has 1 aromatic rings. The zero-order valence-electron chi connectivity index (χ0n) is 11.7. The molecule has 0 aromatic carbocycles. The molecule has 20 heavy (non-hydrogen) atoms. The van der Waals surface area contributed by atoms with E-state index in [2.05, 4.69) is 15.5 Å². The predicted octanol–water partition coefficient (Wildman–Crippen LogP) is 3.58. The Morgan fingerprint density at radius 3 is 2.75 bits per heavy atom. The van der Waals surface area contributed by atoms with Gasteiger partial charge in [-0.05, 0) is 32.7 Å². The highest BCUT2D eigenvalue weighted by atomic mass is 19.4. The SMILES string of the molecule is CCNC(C)c1nnc(C2CCCC(C(F)(F)F)C2)o1. The van der Waals surface area contributed by atoms with Crippen molar-refractivity contribution in [3.63, 3.8) is 0 Å². The van der Waals surface area contributed by atoms with E-state index in [0.717, 1.165) is 6.54 Å². The van der Waals surface area contributed by atoms with E-state index in [1.165, 1.54) is 0 Å². The predicted molar refractivity (Wildman–Crippen MR) is 67.1 cm³/mol. The molecule has 0 radical (unpaired) electrons. The van der Waals surface area contributed by atoms with Gasteiger partial charge in [0.25, 0.3) is 0 Å². The van der Waals surface area contributed by atoms with Gasteiger partial charge in [0.1, 0.15) is 0 Å². The minimum absolute atomic E-state index is 0.0563. The molecule has 1 saturated carbocycles. The average Bonchev–Trinajstić information content (AvgIpc) is 2.88. The first kappa shape index (κ1) is 15.3. The van der Waals surface area contributed by atoms with Crippen LogP contribution in [0.3, 0.4) is 0 Å². The molecule has 114 valence electrons. The van der Waals surface area contributed by atoms with Gasteiger partial charge in [0.15, 0.2) is 0 Å². The fourth-order valence-electron chi connectivity index (χ4n) is 2.69. The van der Waals surface area contributed by atoms with Crippen molar-refractivity contribution in [2.24, 2.45) is 5.92 Å². The van der Waals surface area contributed by atoms with Gasteiger partial charge in [-0.15, -0.1) is 10.2 Å². The van der Waals surface area contributed by atoms with Crippen molar-refractivity contribution >= 4 is 0 Å².